The minimum atomic E-state index is -5.03. The van der Waals surface area contributed by atoms with Crippen molar-refractivity contribution in [3.63, 3.8) is 0 Å². The van der Waals surface area contributed by atoms with Crippen LogP contribution >= 0.6 is 33.9 Å². The van der Waals surface area contributed by atoms with Crippen LogP contribution < -0.4 is 0 Å². The maximum Gasteiger partial charge on any atom is 0.410 e. The Kier molecular flexibility index (Phi) is 4.24. The van der Waals surface area contributed by atoms with Crippen molar-refractivity contribution >= 4 is 42.9 Å². The van der Waals surface area contributed by atoms with Crippen molar-refractivity contribution in [3.8, 4) is 0 Å². The molecule has 1 aromatic rings. The van der Waals surface area contributed by atoms with E-state index in [-0.39, 0.29) is 10.0 Å². The molecule has 0 spiro atoms. The molecule has 1 unspecified atom stereocenters. The first-order chi connectivity index (χ1) is 7.53. The van der Waals surface area contributed by atoms with E-state index in [2.05, 4.69) is 0 Å². The first-order valence-corrected chi connectivity index (χ1v) is 7.11. The lowest BCUT2D eigenvalue weighted by molar-refractivity contribution is -0.131. The van der Waals surface area contributed by atoms with E-state index in [4.69, 9.17) is 33.9 Å². The van der Waals surface area contributed by atoms with E-state index in [9.17, 15) is 21.6 Å². The predicted octanol–water partition coefficient (Wildman–Crippen LogP) is 4.17. The standard InChI is InChI=1S/C8H4Cl3F3O2S/c9-5-2-1-4(3-6(5)10)7(8(12,13)14)17(11,15)16/h1-3,7H. The molecule has 1 aromatic carbocycles. The fraction of sp³-hybridized carbons (Fsp3) is 0.250. The Morgan fingerprint density at radius 3 is 2.00 bits per heavy atom. The number of halogens is 6. The quantitative estimate of drug-likeness (QED) is 0.764. The van der Waals surface area contributed by atoms with Crippen LogP contribution in [0.1, 0.15) is 10.8 Å². The van der Waals surface area contributed by atoms with Crippen molar-refractivity contribution < 1.29 is 21.6 Å². The summed E-state index contributed by atoms with van der Waals surface area (Å²) < 4.78 is 59.7. The zero-order valence-corrected chi connectivity index (χ0v) is 10.9. The van der Waals surface area contributed by atoms with Gasteiger partial charge in [-0.3, -0.25) is 0 Å². The lowest BCUT2D eigenvalue weighted by Crippen LogP contribution is -2.25. The van der Waals surface area contributed by atoms with Crippen molar-refractivity contribution in [2.45, 2.75) is 11.4 Å². The molecule has 0 amide bonds. The van der Waals surface area contributed by atoms with Gasteiger partial charge in [-0.05, 0) is 17.7 Å². The molecule has 0 bridgehead atoms. The minimum absolute atomic E-state index is 0.0170. The van der Waals surface area contributed by atoms with Gasteiger partial charge in [0.1, 0.15) is 0 Å². The lowest BCUT2D eigenvalue weighted by Gasteiger charge is -2.17. The molecule has 0 saturated heterocycles. The fourth-order valence-corrected chi connectivity index (χ4v) is 2.90. The molecule has 2 nitrogen and oxygen atoms in total. The second-order valence-electron chi connectivity index (χ2n) is 3.07. The smallest absolute Gasteiger partial charge is 0.211 e. The molecule has 0 heterocycles. The van der Waals surface area contributed by atoms with E-state index in [1.165, 1.54) is 0 Å². The average Bonchev–Trinajstić information content (AvgIpc) is 2.06. The summed E-state index contributed by atoms with van der Waals surface area (Å²) in [4.78, 5) is 0. The van der Waals surface area contributed by atoms with Crippen LogP contribution in [0.15, 0.2) is 18.2 Å². The predicted molar refractivity (Wildman–Crippen MR) is 60.0 cm³/mol. The molecule has 0 radical (unpaired) electrons. The third-order valence-electron chi connectivity index (χ3n) is 1.83. The van der Waals surface area contributed by atoms with Crippen LogP contribution in [-0.4, -0.2) is 14.6 Å². The largest absolute Gasteiger partial charge is 0.410 e. The van der Waals surface area contributed by atoms with Crippen LogP contribution in [0.25, 0.3) is 0 Å². The van der Waals surface area contributed by atoms with Crippen LogP contribution in [0.4, 0.5) is 13.2 Å². The summed E-state index contributed by atoms with van der Waals surface area (Å²) in [5, 5.41) is -2.99. The number of hydrogen-bond donors (Lipinski definition) is 0. The summed E-state index contributed by atoms with van der Waals surface area (Å²) in [6.45, 7) is 0. The molecule has 0 aliphatic rings. The van der Waals surface area contributed by atoms with E-state index in [0.717, 1.165) is 18.2 Å². The minimum Gasteiger partial charge on any atom is -0.211 e. The Bertz CT molecular complexity index is 527. The molecule has 1 rings (SSSR count). The Balaban J connectivity index is 3.39. The van der Waals surface area contributed by atoms with Gasteiger partial charge < -0.3 is 0 Å². The number of alkyl halides is 3. The second kappa shape index (κ2) is 4.84. The van der Waals surface area contributed by atoms with Gasteiger partial charge in [-0.1, -0.05) is 29.3 Å². The number of hydrogen-bond acceptors (Lipinski definition) is 2. The van der Waals surface area contributed by atoms with Crippen LogP contribution in [-0.2, 0) is 9.05 Å². The maximum atomic E-state index is 12.6. The summed E-state index contributed by atoms with van der Waals surface area (Å²) in [5.74, 6) is 0. The van der Waals surface area contributed by atoms with E-state index < -0.39 is 26.0 Å². The maximum absolute atomic E-state index is 12.6. The van der Waals surface area contributed by atoms with Crippen LogP contribution in [0.3, 0.4) is 0 Å². The first kappa shape index (κ1) is 14.9. The Morgan fingerprint density at radius 1 is 1.12 bits per heavy atom. The Morgan fingerprint density at radius 2 is 1.65 bits per heavy atom. The van der Waals surface area contributed by atoms with Gasteiger partial charge in [0.2, 0.25) is 9.05 Å². The summed E-state index contributed by atoms with van der Waals surface area (Å²) in [7, 11) is -0.0731. The molecule has 0 aliphatic carbocycles. The molecule has 0 fully saturated rings. The summed E-state index contributed by atoms with van der Waals surface area (Å²) in [6.07, 6.45) is -5.03. The van der Waals surface area contributed by atoms with Gasteiger partial charge in [0.25, 0.3) is 0 Å². The van der Waals surface area contributed by atoms with Gasteiger partial charge in [0.15, 0.2) is 5.25 Å². The van der Waals surface area contributed by atoms with E-state index >= 15 is 0 Å². The third-order valence-corrected chi connectivity index (χ3v) is 4.20. The van der Waals surface area contributed by atoms with Crippen molar-refractivity contribution in [1.29, 1.82) is 0 Å². The molecule has 0 aromatic heterocycles. The van der Waals surface area contributed by atoms with Gasteiger partial charge in [0.05, 0.1) is 10.0 Å². The monoisotopic (exact) mass is 326 g/mol. The highest BCUT2D eigenvalue weighted by Gasteiger charge is 2.49. The van der Waals surface area contributed by atoms with Crippen LogP contribution in [0.5, 0.6) is 0 Å². The average molecular weight is 328 g/mol. The van der Waals surface area contributed by atoms with E-state index in [1.807, 2.05) is 0 Å². The topological polar surface area (TPSA) is 34.1 Å². The first-order valence-electron chi connectivity index (χ1n) is 3.98. The molecule has 0 aliphatic heterocycles. The molecule has 96 valence electrons. The van der Waals surface area contributed by atoms with Crippen molar-refractivity contribution in [3.05, 3.63) is 33.8 Å². The molecule has 1 atom stereocenters. The van der Waals surface area contributed by atoms with Gasteiger partial charge >= 0.3 is 6.18 Å². The number of rotatable bonds is 2. The molecular weight excluding hydrogens is 324 g/mol. The van der Waals surface area contributed by atoms with Gasteiger partial charge in [-0.15, -0.1) is 0 Å². The molecule has 9 heteroatoms. The third kappa shape index (κ3) is 3.64. The Hall–Kier alpha value is -0.170. The SMILES string of the molecule is O=S(=O)(Cl)C(c1ccc(Cl)c(Cl)c1)C(F)(F)F. The van der Waals surface area contributed by atoms with Crippen molar-refractivity contribution in [2.75, 3.05) is 0 Å². The van der Waals surface area contributed by atoms with Gasteiger partial charge in [-0.25, -0.2) is 8.42 Å². The zero-order valence-electron chi connectivity index (χ0n) is 7.80. The van der Waals surface area contributed by atoms with Gasteiger partial charge in [-0.2, -0.15) is 13.2 Å². The highest BCUT2D eigenvalue weighted by atomic mass is 35.7. The lowest BCUT2D eigenvalue weighted by atomic mass is 10.1. The summed E-state index contributed by atoms with van der Waals surface area (Å²) >= 11 is 11.0. The van der Waals surface area contributed by atoms with Gasteiger partial charge in [0, 0.05) is 10.7 Å². The molecule has 0 N–H and O–H groups in total. The number of benzene rings is 1. The van der Waals surface area contributed by atoms with E-state index in [1.54, 1.807) is 0 Å². The second-order valence-corrected chi connectivity index (χ2v) is 6.60. The highest BCUT2D eigenvalue weighted by Crippen LogP contribution is 2.42. The van der Waals surface area contributed by atoms with Crippen molar-refractivity contribution in [1.82, 2.24) is 0 Å². The van der Waals surface area contributed by atoms with Crippen LogP contribution in [0.2, 0.25) is 10.0 Å². The summed E-state index contributed by atoms with van der Waals surface area (Å²) in [6, 6.07) is 2.80. The highest BCUT2D eigenvalue weighted by molar-refractivity contribution is 8.14. The summed E-state index contributed by atoms with van der Waals surface area (Å²) in [5.41, 5.74) is -0.582. The van der Waals surface area contributed by atoms with Crippen LogP contribution in [0, 0.1) is 0 Å². The molecule has 0 saturated carbocycles. The molecule has 17 heavy (non-hydrogen) atoms. The van der Waals surface area contributed by atoms with Crippen molar-refractivity contribution in [2.24, 2.45) is 0 Å². The Labute approximate surface area is 110 Å². The molecular formula is C8H4Cl3F3O2S. The normalized spacial score (nSPS) is 14.7. The fourth-order valence-electron chi connectivity index (χ4n) is 1.19. The van der Waals surface area contributed by atoms with E-state index in [0.29, 0.717) is 0 Å². The zero-order chi connectivity index (χ0) is 13.4.